The molecule has 0 radical (unpaired) electrons. The van der Waals surface area contributed by atoms with Crippen LogP contribution in [0.2, 0.25) is 0 Å². The molecule has 4 rings (SSSR count). The number of rotatable bonds is 4. The molecule has 0 bridgehead atoms. The van der Waals surface area contributed by atoms with Gasteiger partial charge in [0.05, 0.1) is 0 Å². The number of carbonyl (C=O) groups is 1. The molecule has 2 heterocycles. The zero-order chi connectivity index (χ0) is 19.0. The fraction of sp³-hybridized carbons (Fsp3) is 0.150. The number of nitrogens with one attached hydrogen (secondary N) is 3. The van der Waals surface area contributed by atoms with Crippen LogP contribution in [0.3, 0.4) is 0 Å². The molecular weight excluding hydrogens is 355 g/mol. The van der Waals surface area contributed by atoms with E-state index in [0.29, 0.717) is 18.1 Å². The van der Waals surface area contributed by atoms with Gasteiger partial charge in [0.15, 0.2) is 11.6 Å². The highest BCUT2D eigenvalue weighted by Gasteiger charge is 2.34. The van der Waals surface area contributed by atoms with Crippen molar-refractivity contribution >= 4 is 12.0 Å². The van der Waals surface area contributed by atoms with E-state index in [1.165, 1.54) is 0 Å². The number of fused-ring (bicyclic) bond motifs is 1. The first-order valence-corrected chi connectivity index (χ1v) is 8.45. The van der Waals surface area contributed by atoms with Crippen LogP contribution in [-0.4, -0.2) is 10.9 Å². The lowest BCUT2D eigenvalue weighted by molar-refractivity contribution is -0.115. The summed E-state index contributed by atoms with van der Waals surface area (Å²) in [7, 11) is 0. The molecule has 138 valence electrons. The maximum Gasteiger partial charge on any atom is 0.252 e. The quantitative estimate of drug-likeness (QED) is 0.569. The van der Waals surface area contributed by atoms with Crippen LogP contribution in [0.4, 0.5) is 13.2 Å². The van der Waals surface area contributed by atoms with Crippen molar-refractivity contribution in [3.05, 3.63) is 88.3 Å². The molecule has 3 N–H and O–H groups in total. The van der Waals surface area contributed by atoms with Gasteiger partial charge in [0.2, 0.25) is 0 Å². The van der Waals surface area contributed by atoms with Crippen LogP contribution in [0.15, 0.2) is 59.6 Å². The lowest BCUT2D eigenvalue weighted by atomic mass is 9.90. The Kier molecular flexibility index (Phi) is 4.35. The van der Waals surface area contributed by atoms with Crippen molar-refractivity contribution in [2.75, 3.05) is 0 Å². The Morgan fingerprint density at radius 1 is 1.22 bits per heavy atom. The van der Waals surface area contributed by atoms with E-state index in [0.717, 1.165) is 23.2 Å². The summed E-state index contributed by atoms with van der Waals surface area (Å²) >= 11 is 0. The molecule has 1 aromatic carbocycles. The van der Waals surface area contributed by atoms with Gasteiger partial charge < -0.3 is 15.6 Å². The summed E-state index contributed by atoms with van der Waals surface area (Å²) < 4.78 is 40.4. The van der Waals surface area contributed by atoms with Crippen LogP contribution in [0.5, 0.6) is 0 Å². The fourth-order valence-corrected chi connectivity index (χ4v) is 3.32. The van der Waals surface area contributed by atoms with Crippen molar-refractivity contribution in [1.82, 2.24) is 15.6 Å². The molecule has 1 fully saturated rings. The minimum absolute atomic E-state index is 0.0563. The number of hydrogen-bond donors (Lipinski definition) is 3. The van der Waals surface area contributed by atoms with E-state index < -0.39 is 17.5 Å². The molecule has 2 aromatic rings. The van der Waals surface area contributed by atoms with Crippen LogP contribution in [0.1, 0.15) is 17.7 Å². The van der Waals surface area contributed by atoms with Crippen LogP contribution in [-0.2, 0) is 11.3 Å². The molecule has 0 saturated carbocycles. The third kappa shape index (κ3) is 3.40. The second-order valence-corrected chi connectivity index (χ2v) is 6.46. The summed E-state index contributed by atoms with van der Waals surface area (Å²) in [6.45, 7) is -0.0563. The Balaban J connectivity index is 1.51. The standard InChI is InChI=1S/C20H16F3N3O/c21-12-6-11(19(23)17(22)7-12)10-25-14-3-4-18-15(8-14)16(20(27)26-18)9-13-2-1-5-24-13/h1-7,9,15,24-25H,8,10H2,(H,26,27)/b16-9-. The zero-order valence-corrected chi connectivity index (χ0v) is 14.2. The number of aromatic nitrogens is 1. The second-order valence-electron chi connectivity index (χ2n) is 6.46. The van der Waals surface area contributed by atoms with Gasteiger partial charge in [-0.1, -0.05) is 0 Å². The highest BCUT2D eigenvalue weighted by atomic mass is 19.2. The molecule has 0 spiro atoms. The Morgan fingerprint density at radius 3 is 2.85 bits per heavy atom. The Labute approximate surface area is 153 Å². The lowest BCUT2D eigenvalue weighted by Gasteiger charge is -2.20. The van der Waals surface area contributed by atoms with Gasteiger partial charge in [-0.05, 0) is 42.8 Å². The molecule has 1 aliphatic heterocycles. The molecule has 27 heavy (non-hydrogen) atoms. The largest absolute Gasteiger partial charge is 0.384 e. The maximum absolute atomic E-state index is 13.8. The van der Waals surface area contributed by atoms with Gasteiger partial charge in [0, 0.05) is 53.0 Å². The van der Waals surface area contributed by atoms with Crippen LogP contribution < -0.4 is 10.6 Å². The van der Waals surface area contributed by atoms with E-state index in [2.05, 4.69) is 15.6 Å². The lowest BCUT2D eigenvalue weighted by Crippen LogP contribution is -2.20. The van der Waals surface area contributed by atoms with Crippen LogP contribution in [0, 0.1) is 23.4 Å². The van der Waals surface area contributed by atoms with Gasteiger partial charge in [-0.2, -0.15) is 0 Å². The van der Waals surface area contributed by atoms with E-state index in [9.17, 15) is 18.0 Å². The molecule has 1 aromatic heterocycles. The minimum Gasteiger partial charge on any atom is -0.384 e. The number of amides is 1. The first kappa shape index (κ1) is 17.2. The fourth-order valence-electron chi connectivity index (χ4n) is 3.32. The van der Waals surface area contributed by atoms with Gasteiger partial charge in [-0.3, -0.25) is 4.79 Å². The predicted octanol–water partition coefficient (Wildman–Crippen LogP) is 3.52. The van der Waals surface area contributed by atoms with Crippen molar-refractivity contribution in [2.24, 2.45) is 5.92 Å². The van der Waals surface area contributed by atoms with E-state index in [1.807, 2.05) is 12.1 Å². The van der Waals surface area contributed by atoms with Gasteiger partial charge >= 0.3 is 0 Å². The number of benzene rings is 1. The van der Waals surface area contributed by atoms with Gasteiger partial charge in [0.25, 0.3) is 5.91 Å². The topological polar surface area (TPSA) is 56.9 Å². The predicted molar refractivity (Wildman–Crippen MR) is 94.3 cm³/mol. The highest BCUT2D eigenvalue weighted by Crippen LogP contribution is 2.35. The minimum atomic E-state index is -1.21. The molecule has 1 unspecified atom stereocenters. The normalized spacial score (nSPS) is 20.2. The third-order valence-corrected chi connectivity index (χ3v) is 4.67. The Morgan fingerprint density at radius 2 is 2.07 bits per heavy atom. The molecule has 1 amide bonds. The molecule has 1 atom stereocenters. The number of halogens is 3. The average molecular weight is 371 g/mol. The van der Waals surface area contributed by atoms with E-state index in [1.54, 1.807) is 24.4 Å². The Hall–Kier alpha value is -3.22. The number of allylic oxidation sites excluding steroid dienone is 4. The smallest absolute Gasteiger partial charge is 0.252 e. The van der Waals surface area contributed by atoms with Crippen LogP contribution in [0.25, 0.3) is 6.08 Å². The van der Waals surface area contributed by atoms with Gasteiger partial charge in [0.1, 0.15) is 5.82 Å². The number of hydrogen-bond acceptors (Lipinski definition) is 2. The number of H-pyrrole nitrogens is 1. The van der Waals surface area contributed by atoms with Crippen molar-refractivity contribution < 1.29 is 18.0 Å². The average Bonchev–Trinajstić information content (AvgIpc) is 3.25. The third-order valence-electron chi connectivity index (χ3n) is 4.67. The van der Waals surface area contributed by atoms with Crippen molar-refractivity contribution in [2.45, 2.75) is 13.0 Å². The van der Waals surface area contributed by atoms with E-state index in [-0.39, 0.29) is 23.9 Å². The molecular formula is C20H16F3N3O. The molecule has 4 nitrogen and oxygen atoms in total. The number of aromatic amines is 1. The van der Waals surface area contributed by atoms with Gasteiger partial charge in [-0.25, -0.2) is 13.2 Å². The summed E-state index contributed by atoms with van der Waals surface area (Å²) in [6, 6.07) is 5.19. The number of carbonyl (C=O) groups excluding carboxylic acids is 1. The zero-order valence-electron chi connectivity index (χ0n) is 14.2. The van der Waals surface area contributed by atoms with Gasteiger partial charge in [-0.15, -0.1) is 0 Å². The summed E-state index contributed by atoms with van der Waals surface area (Å²) in [6.07, 6.45) is 7.63. The molecule has 2 aliphatic rings. The highest BCUT2D eigenvalue weighted by molar-refractivity contribution is 6.03. The first-order chi connectivity index (χ1) is 13.0. The van der Waals surface area contributed by atoms with Crippen LogP contribution >= 0.6 is 0 Å². The van der Waals surface area contributed by atoms with Crippen molar-refractivity contribution in [3.8, 4) is 0 Å². The molecule has 1 saturated heterocycles. The summed E-state index contributed by atoms with van der Waals surface area (Å²) in [5.74, 6) is -3.42. The summed E-state index contributed by atoms with van der Waals surface area (Å²) in [4.78, 5) is 15.3. The molecule has 1 aliphatic carbocycles. The SMILES string of the molecule is O=C1NC2=CC=C(NCc3cc(F)cc(F)c3F)CC2/C1=C/c1ccc[nH]1. The van der Waals surface area contributed by atoms with E-state index in [4.69, 9.17) is 0 Å². The Bertz CT molecular complexity index is 990. The second kappa shape index (κ2) is 6.83. The van der Waals surface area contributed by atoms with Crippen molar-refractivity contribution in [3.63, 3.8) is 0 Å². The van der Waals surface area contributed by atoms with E-state index >= 15 is 0 Å². The summed E-state index contributed by atoms with van der Waals surface area (Å²) in [5.41, 5.74) is 2.90. The molecule has 7 heteroatoms. The summed E-state index contributed by atoms with van der Waals surface area (Å²) in [5, 5.41) is 5.85. The monoisotopic (exact) mass is 371 g/mol. The first-order valence-electron chi connectivity index (χ1n) is 8.45. The van der Waals surface area contributed by atoms with Crippen molar-refractivity contribution in [1.29, 1.82) is 0 Å². The maximum atomic E-state index is 13.8.